The van der Waals surface area contributed by atoms with Gasteiger partial charge in [-0.3, -0.25) is 9.78 Å². The summed E-state index contributed by atoms with van der Waals surface area (Å²) in [5.41, 5.74) is 7.33. The number of amides is 1. The minimum Gasteiger partial charge on any atom is -0.381 e. The van der Waals surface area contributed by atoms with Crippen LogP contribution in [0.15, 0.2) is 60.9 Å². The van der Waals surface area contributed by atoms with E-state index in [9.17, 15) is 4.79 Å². The van der Waals surface area contributed by atoms with Gasteiger partial charge in [-0.1, -0.05) is 42.5 Å². The fourth-order valence-electron chi connectivity index (χ4n) is 4.81. The maximum absolute atomic E-state index is 13.1. The number of aromatic amines is 1. The zero-order chi connectivity index (χ0) is 20.8. The molecule has 6 heteroatoms. The van der Waals surface area contributed by atoms with Crippen molar-refractivity contribution in [3.8, 4) is 22.5 Å². The summed E-state index contributed by atoms with van der Waals surface area (Å²) < 4.78 is 5.43. The van der Waals surface area contributed by atoms with E-state index in [0.717, 1.165) is 57.5 Å². The molecule has 1 aliphatic carbocycles. The van der Waals surface area contributed by atoms with Crippen LogP contribution in [0.5, 0.6) is 0 Å². The van der Waals surface area contributed by atoms with Crippen molar-refractivity contribution in [2.24, 2.45) is 5.92 Å². The Kier molecular flexibility index (Phi) is 4.32. The summed E-state index contributed by atoms with van der Waals surface area (Å²) in [5.74, 6) is 0.929. The lowest BCUT2D eigenvalue weighted by atomic mass is 9.97. The Balaban J connectivity index is 1.45. The predicted molar refractivity (Wildman–Crippen MR) is 118 cm³/mol. The second-order valence-corrected chi connectivity index (χ2v) is 8.16. The van der Waals surface area contributed by atoms with Crippen LogP contribution < -0.4 is 5.32 Å². The molecule has 4 aromatic rings. The van der Waals surface area contributed by atoms with Crippen molar-refractivity contribution < 1.29 is 9.53 Å². The van der Waals surface area contributed by atoms with Crippen molar-refractivity contribution in [2.45, 2.75) is 18.9 Å². The van der Waals surface area contributed by atoms with Crippen molar-refractivity contribution in [1.82, 2.24) is 20.3 Å². The Morgan fingerprint density at radius 3 is 2.68 bits per heavy atom. The van der Waals surface area contributed by atoms with Gasteiger partial charge in [-0.05, 0) is 41.2 Å². The second kappa shape index (κ2) is 7.32. The first-order valence-corrected chi connectivity index (χ1v) is 10.7. The highest BCUT2D eigenvalue weighted by Gasteiger charge is 2.33. The van der Waals surface area contributed by atoms with E-state index in [4.69, 9.17) is 9.72 Å². The van der Waals surface area contributed by atoms with E-state index in [0.29, 0.717) is 13.2 Å². The van der Waals surface area contributed by atoms with Crippen molar-refractivity contribution in [2.75, 3.05) is 13.2 Å². The van der Waals surface area contributed by atoms with Crippen molar-refractivity contribution >= 4 is 16.9 Å². The number of carbonyl (C=O) groups excluding carboxylic acids is 1. The first-order chi connectivity index (χ1) is 15.3. The molecule has 154 valence electrons. The second-order valence-electron chi connectivity index (χ2n) is 8.16. The van der Waals surface area contributed by atoms with E-state index in [-0.39, 0.29) is 17.9 Å². The minimum absolute atomic E-state index is 0.0102. The predicted octanol–water partition coefficient (Wildman–Crippen LogP) is 4.24. The smallest absolute Gasteiger partial charge is 0.224 e. The summed E-state index contributed by atoms with van der Waals surface area (Å²) in [6.07, 6.45) is 5.10. The molecule has 6 nitrogen and oxygen atoms in total. The molecule has 1 aliphatic heterocycles. The van der Waals surface area contributed by atoms with E-state index in [2.05, 4.69) is 39.6 Å². The molecule has 2 aromatic heterocycles. The molecule has 0 bridgehead atoms. The van der Waals surface area contributed by atoms with Crippen LogP contribution in [-0.4, -0.2) is 34.1 Å². The maximum Gasteiger partial charge on any atom is 0.224 e. The summed E-state index contributed by atoms with van der Waals surface area (Å²) in [6, 6.07) is 16.3. The molecule has 1 amide bonds. The van der Waals surface area contributed by atoms with Gasteiger partial charge in [0.2, 0.25) is 5.91 Å². The summed E-state index contributed by atoms with van der Waals surface area (Å²) >= 11 is 0. The molecule has 2 aliphatic rings. The van der Waals surface area contributed by atoms with Crippen LogP contribution in [0.2, 0.25) is 0 Å². The first-order valence-electron chi connectivity index (χ1n) is 10.7. The van der Waals surface area contributed by atoms with Gasteiger partial charge in [0.15, 0.2) is 0 Å². The average Bonchev–Trinajstić information content (AvgIpc) is 3.39. The molecule has 6 rings (SSSR count). The van der Waals surface area contributed by atoms with Gasteiger partial charge in [0.1, 0.15) is 5.82 Å². The molecule has 0 saturated carbocycles. The lowest BCUT2D eigenvalue weighted by Crippen LogP contribution is -2.36. The third kappa shape index (κ3) is 3.02. The van der Waals surface area contributed by atoms with E-state index >= 15 is 0 Å². The highest BCUT2D eigenvalue weighted by Crippen LogP contribution is 2.47. The van der Waals surface area contributed by atoms with Crippen LogP contribution >= 0.6 is 0 Å². The van der Waals surface area contributed by atoms with Gasteiger partial charge in [-0.25, -0.2) is 4.98 Å². The molecule has 0 radical (unpaired) electrons. The Morgan fingerprint density at radius 1 is 1.00 bits per heavy atom. The van der Waals surface area contributed by atoms with Crippen LogP contribution in [0.1, 0.15) is 30.0 Å². The largest absolute Gasteiger partial charge is 0.381 e. The van der Waals surface area contributed by atoms with Gasteiger partial charge < -0.3 is 15.0 Å². The zero-order valence-electron chi connectivity index (χ0n) is 17.0. The Labute approximate surface area is 179 Å². The number of benzene rings is 2. The van der Waals surface area contributed by atoms with Crippen molar-refractivity contribution in [3.63, 3.8) is 0 Å². The van der Waals surface area contributed by atoms with E-state index in [1.54, 1.807) is 12.4 Å². The lowest BCUT2D eigenvalue weighted by molar-refractivity contribution is -0.128. The number of ether oxygens (including phenoxy) is 1. The molecule has 1 atom stereocenters. The Bertz CT molecular complexity index is 1260. The molecule has 31 heavy (non-hydrogen) atoms. The number of hydrogen-bond donors (Lipinski definition) is 2. The minimum atomic E-state index is -0.160. The lowest BCUT2D eigenvalue weighted by Gasteiger charge is -2.24. The topological polar surface area (TPSA) is 79.9 Å². The number of aromatic nitrogens is 3. The molecule has 1 saturated heterocycles. The summed E-state index contributed by atoms with van der Waals surface area (Å²) in [5, 5.41) is 3.33. The highest BCUT2D eigenvalue weighted by atomic mass is 16.5. The average molecular weight is 410 g/mol. The maximum atomic E-state index is 13.1. The van der Waals surface area contributed by atoms with Crippen LogP contribution in [0.25, 0.3) is 33.5 Å². The van der Waals surface area contributed by atoms with Gasteiger partial charge in [0.25, 0.3) is 0 Å². The fraction of sp³-hybridized carbons (Fsp3) is 0.240. The number of H-pyrrole nitrogens is 1. The standard InChI is InChI=1S/C25H22N4O2/c30-25(15-9-12-31-13-10-15)29-23-17-5-2-1-4-16(17)22-18(23)6-3-7-19(22)24-27-20-8-11-26-14-21(20)28-24/h1-8,11,14-15,23H,9-10,12-13H2,(H,27,28)(H,29,30). The number of nitrogens with one attached hydrogen (secondary N) is 2. The molecule has 2 N–H and O–H groups in total. The van der Waals surface area contributed by atoms with Crippen LogP contribution in [0.4, 0.5) is 0 Å². The molecule has 3 heterocycles. The van der Waals surface area contributed by atoms with E-state index < -0.39 is 0 Å². The molecule has 1 unspecified atom stereocenters. The zero-order valence-corrected chi connectivity index (χ0v) is 17.0. The van der Waals surface area contributed by atoms with Crippen molar-refractivity contribution in [1.29, 1.82) is 0 Å². The molecule has 0 spiro atoms. The quantitative estimate of drug-likeness (QED) is 0.530. The fourth-order valence-corrected chi connectivity index (χ4v) is 4.81. The normalized spacial score (nSPS) is 18.0. The SMILES string of the molecule is O=C(NC1c2ccccc2-c2c(-c3nc4ccncc4[nH]3)cccc21)C1CCOCC1. The summed E-state index contributed by atoms with van der Waals surface area (Å²) in [7, 11) is 0. The highest BCUT2D eigenvalue weighted by molar-refractivity contribution is 5.93. The first kappa shape index (κ1) is 18.3. The monoisotopic (exact) mass is 410 g/mol. The third-order valence-electron chi connectivity index (χ3n) is 6.37. The number of imidazole rings is 1. The molecule has 2 aromatic carbocycles. The number of nitrogens with zero attached hydrogens (tertiary/aromatic N) is 2. The summed E-state index contributed by atoms with van der Waals surface area (Å²) in [4.78, 5) is 25.4. The van der Waals surface area contributed by atoms with Crippen molar-refractivity contribution in [3.05, 3.63) is 72.1 Å². The van der Waals surface area contributed by atoms with Gasteiger partial charge in [0, 0.05) is 30.9 Å². The number of fused-ring (bicyclic) bond motifs is 4. The van der Waals surface area contributed by atoms with Crippen LogP contribution in [0, 0.1) is 5.92 Å². The number of hydrogen-bond acceptors (Lipinski definition) is 4. The molecular weight excluding hydrogens is 388 g/mol. The Hall–Kier alpha value is -3.51. The van der Waals surface area contributed by atoms with Gasteiger partial charge >= 0.3 is 0 Å². The van der Waals surface area contributed by atoms with Crippen LogP contribution in [-0.2, 0) is 9.53 Å². The third-order valence-corrected chi connectivity index (χ3v) is 6.37. The number of pyridine rings is 1. The number of carbonyl (C=O) groups is 1. The summed E-state index contributed by atoms with van der Waals surface area (Å²) in [6.45, 7) is 1.31. The number of rotatable bonds is 3. The van der Waals surface area contributed by atoms with E-state index in [1.165, 1.54) is 0 Å². The Morgan fingerprint density at radius 2 is 1.81 bits per heavy atom. The van der Waals surface area contributed by atoms with E-state index in [1.807, 2.05) is 24.3 Å². The van der Waals surface area contributed by atoms with Gasteiger partial charge in [-0.15, -0.1) is 0 Å². The van der Waals surface area contributed by atoms with Crippen LogP contribution in [0.3, 0.4) is 0 Å². The molecular formula is C25H22N4O2. The van der Waals surface area contributed by atoms with Gasteiger partial charge in [-0.2, -0.15) is 0 Å². The van der Waals surface area contributed by atoms with Gasteiger partial charge in [0.05, 0.1) is 23.3 Å². The molecule has 1 fully saturated rings.